The van der Waals surface area contributed by atoms with Crippen molar-refractivity contribution < 1.29 is 19.1 Å². The van der Waals surface area contributed by atoms with Crippen molar-refractivity contribution in [3.05, 3.63) is 47.5 Å². The molecule has 1 atom stereocenters. The summed E-state index contributed by atoms with van der Waals surface area (Å²) in [5.41, 5.74) is 1.63. The van der Waals surface area contributed by atoms with Gasteiger partial charge in [0, 0.05) is 12.1 Å². The van der Waals surface area contributed by atoms with Crippen molar-refractivity contribution in [2.24, 2.45) is 0 Å². The number of methoxy groups -OCH3 is 1. The van der Waals surface area contributed by atoms with Gasteiger partial charge in [-0.2, -0.15) is 0 Å². The fourth-order valence-electron chi connectivity index (χ4n) is 2.70. The molecule has 23 heavy (non-hydrogen) atoms. The van der Waals surface area contributed by atoms with Gasteiger partial charge in [-0.3, -0.25) is 4.79 Å². The Morgan fingerprint density at radius 3 is 2.70 bits per heavy atom. The number of hydrogen-bond acceptors (Lipinski definition) is 4. The molecule has 1 saturated heterocycles. The minimum atomic E-state index is -0.475. The number of carbonyl (C=O) groups is 2. The van der Waals surface area contributed by atoms with Gasteiger partial charge in [0.25, 0.3) is 5.91 Å². The topological polar surface area (TPSA) is 55.8 Å². The van der Waals surface area contributed by atoms with Gasteiger partial charge in [0.1, 0.15) is 6.04 Å². The summed E-state index contributed by atoms with van der Waals surface area (Å²) in [6.07, 6.45) is 3.22. The molecule has 124 valence electrons. The number of rotatable bonds is 6. The van der Waals surface area contributed by atoms with E-state index in [-0.39, 0.29) is 18.5 Å². The molecule has 0 aromatic heterocycles. The summed E-state index contributed by atoms with van der Waals surface area (Å²) in [5.74, 6) is -0.495. The van der Waals surface area contributed by atoms with Gasteiger partial charge < -0.3 is 14.4 Å². The molecule has 0 radical (unpaired) electrons. The van der Waals surface area contributed by atoms with Gasteiger partial charge in [0.05, 0.1) is 20.3 Å². The Balaban J connectivity index is 1.92. The third-order valence-corrected chi connectivity index (χ3v) is 3.98. The maximum absolute atomic E-state index is 12.6. The summed E-state index contributed by atoms with van der Waals surface area (Å²) in [7, 11) is 1.35. The second-order valence-corrected chi connectivity index (χ2v) is 5.47. The number of allylic oxidation sites excluding steroid dienone is 1. The van der Waals surface area contributed by atoms with Crippen LogP contribution in [0.3, 0.4) is 0 Å². The fraction of sp³-hybridized carbons (Fsp3) is 0.444. The van der Waals surface area contributed by atoms with E-state index in [1.807, 2.05) is 37.3 Å². The molecular formula is C18H23NO4. The van der Waals surface area contributed by atoms with Crippen LogP contribution in [0.1, 0.15) is 25.3 Å². The van der Waals surface area contributed by atoms with Gasteiger partial charge in [-0.1, -0.05) is 36.4 Å². The molecular weight excluding hydrogens is 294 g/mol. The first-order chi connectivity index (χ1) is 11.2. The molecule has 1 heterocycles. The Morgan fingerprint density at radius 2 is 2.04 bits per heavy atom. The predicted molar refractivity (Wildman–Crippen MR) is 86.6 cm³/mol. The van der Waals surface area contributed by atoms with Crippen LogP contribution in [0.5, 0.6) is 0 Å². The van der Waals surface area contributed by atoms with Crippen LogP contribution in [-0.2, 0) is 25.7 Å². The van der Waals surface area contributed by atoms with Crippen molar-refractivity contribution in [2.75, 3.05) is 20.3 Å². The quantitative estimate of drug-likeness (QED) is 0.597. The second kappa shape index (κ2) is 8.48. The number of hydrogen-bond donors (Lipinski definition) is 0. The van der Waals surface area contributed by atoms with Gasteiger partial charge in [-0.05, 0) is 25.3 Å². The largest absolute Gasteiger partial charge is 0.467 e. The van der Waals surface area contributed by atoms with Crippen molar-refractivity contribution in [3.63, 3.8) is 0 Å². The third-order valence-electron chi connectivity index (χ3n) is 3.98. The molecule has 1 aliphatic rings. The first kappa shape index (κ1) is 17.2. The van der Waals surface area contributed by atoms with E-state index in [0.717, 1.165) is 12.0 Å². The van der Waals surface area contributed by atoms with E-state index >= 15 is 0 Å². The zero-order valence-electron chi connectivity index (χ0n) is 13.7. The second-order valence-electron chi connectivity index (χ2n) is 5.47. The zero-order valence-corrected chi connectivity index (χ0v) is 13.7. The van der Waals surface area contributed by atoms with Crippen molar-refractivity contribution in [2.45, 2.75) is 32.4 Å². The van der Waals surface area contributed by atoms with Crippen molar-refractivity contribution in [3.8, 4) is 0 Å². The molecule has 0 aliphatic carbocycles. The Hall–Kier alpha value is -2.14. The summed E-state index contributed by atoms with van der Waals surface area (Å²) in [4.78, 5) is 26.0. The summed E-state index contributed by atoms with van der Waals surface area (Å²) in [6.45, 7) is 3.07. The number of benzene rings is 1. The number of carbonyl (C=O) groups excluding carboxylic acids is 2. The van der Waals surface area contributed by atoms with E-state index in [1.165, 1.54) is 7.11 Å². The first-order valence-electron chi connectivity index (χ1n) is 7.83. The minimum Gasteiger partial charge on any atom is -0.467 e. The molecule has 1 amide bonds. The molecule has 1 aliphatic heterocycles. The van der Waals surface area contributed by atoms with E-state index < -0.39 is 6.04 Å². The maximum Gasteiger partial charge on any atom is 0.328 e. The maximum atomic E-state index is 12.6. The molecule has 0 bridgehead atoms. The van der Waals surface area contributed by atoms with Crippen molar-refractivity contribution >= 4 is 11.9 Å². The molecule has 0 saturated carbocycles. The number of amides is 1. The van der Waals surface area contributed by atoms with Crippen LogP contribution in [0.15, 0.2) is 42.0 Å². The van der Waals surface area contributed by atoms with Crippen LogP contribution in [0.2, 0.25) is 0 Å². The highest BCUT2D eigenvalue weighted by Crippen LogP contribution is 2.21. The van der Waals surface area contributed by atoms with Gasteiger partial charge in [-0.25, -0.2) is 4.79 Å². The van der Waals surface area contributed by atoms with E-state index in [0.29, 0.717) is 25.1 Å². The highest BCUT2D eigenvalue weighted by molar-refractivity contribution is 5.96. The Labute approximate surface area is 136 Å². The highest BCUT2D eigenvalue weighted by Gasteiger charge is 2.35. The molecule has 5 nitrogen and oxygen atoms in total. The number of esters is 1. The van der Waals surface area contributed by atoms with E-state index in [9.17, 15) is 9.59 Å². The summed E-state index contributed by atoms with van der Waals surface area (Å²) < 4.78 is 10.4. The standard InChI is InChI=1S/C18H23NO4/c1-3-15(13-23-12-14-8-5-4-6-9-14)17(20)19-11-7-10-16(19)18(21)22-2/h3-6,8-9,16H,7,10-13H2,1-2H3/b15-3-. The number of likely N-dealkylation sites (tertiary alicyclic amines) is 1. The Bertz CT molecular complexity index is 568. The monoisotopic (exact) mass is 317 g/mol. The lowest BCUT2D eigenvalue weighted by Gasteiger charge is -2.23. The lowest BCUT2D eigenvalue weighted by molar-refractivity contribution is -0.150. The van der Waals surface area contributed by atoms with Crippen LogP contribution in [0.25, 0.3) is 0 Å². The van der Waals surface area contributed by atoms with Crippen LogP contribution in [0.4, 0.5) is 0 Å². The lowest BCUT2D eigenvalue weighted by Crippen LogP contribution is -2.42. The molecule has 5 heteroatoms. The third kappa shape index (κ3) is 4.42. The van der Waals surface area contributed by atoms with Crippen molar-refractivity contribution in [1.29, 1.82) is 0 Å². The number of ether oxygens (including phenoxy) is 2. The normalized spacial score (nSPS) is 18.1. The molecule has 0 N–H and O–H groups in total. The van der Waals surface area contributed by atoms with E-state index in [1.54, 1.807) is 11.0 Å². The van der Waals surface area contributed by atoms with Gasteiger partial charge in [-0.15, -0.1) is 0 Å². The smallest absolute Gasteiger partial charge is 0.328 e. The Kier molecular flexibility index (Phi) is 6.35. The molecule has 0 spiro atoms. The first-order valence-corrected chi connectivity index (χ1v) is 7.83. The zero-order chi connectivity index (χ0) is 16.7. The minimum absolute atomic E-state index is 0.145. The summed E-state index contributed by atoms with van der Waals surface area (Å²) >= 11 is 0. The summed E-state index contributed by atoms with van der Waals surface area (Å²) in [6, 6.07) is 9.33. The van der Waals surface area contributed by atoms with Crippen LogP contribution < -0.4 is 0 Å². The van der Waals surface area contributed by atoms with Gasteiger partial charge >= 0.3 is 5.97 Å². The highest BCUT2D eigenvalue weighted by atomic mass is 16.5. The van der Waals surface area contributed by atoms with E-state index in [4.69, 9.17) is 9.47 Å². The SMILES string of the molecule is C/C=C(/COCc1ccccc1)C(=O)N1CCCC1C(=O)OC. The number of nitrogens with zero attached hydrogens (tertiary/aromatic N) is 1. The Morgan fingerprint density at radius 1 is 1.30 bits per heavy atom. The molecule has 1 unspecified atom stereocenters. The van der Waals surface area contributed by atoms with Gasteiger partial charge in [0.2, 0.25) is 0 Å². The average molecular weight is 317 g/mol. The lowest BCUT2D eigenvalue weighted by atomic mass is 10.2. The van der Waals surface area contributed by atoms with E-state index in [2.05, 4.69) is 0 Å². The van der Waals surface area contributed by atoms with Gasteiger partial charge in [0.15, 0.2) is 0 Å². The van der Waals surface area contributed by atoms with Crippen LogP contribution >= 0.6 is 0 Å². The average Bonchev–Trinajstić information content (AvgIpc) is 3.08. The van der Waals surface area contributed by atoms with Crippen LogP contribution in [-0.4, -0.2) is 43.1 Å². The fourth-order valence-corrected chi connectivity index (χ4v) is 2.70. The van der Waals surface area contributed by atoms with Crippen molar-refractivity contribution in [1.82, 2.24) is 4.90 Å². The summed E-state index contributed by atoms with van der Waals surface area (Å²) in [5, 5.41) is 0. The molecule has 1 fully saturated rings. The predicted octanol–water partition coefficient (Wildman–Crippen LogP) is 2.31. The molecule has 2 rings (SSSR count). The molecule has 1 aromatic carbocycles. The van der Waals surface area contributed by atoms with Crippen LogP contribution in [0, 0.1) is 0 Å². The molecule has 1 aromatic rings.